The fourth-order valence-electron chi connectivity index (χ4n) is 9.01. The summed E-state index contributed by atoms with van der Waals surface area (Å²) in [6, 6.07) is 25.3. The third-order valence-electron chi connectivity index (χ3n) is 11.5. The first kappa shape index (κ1) is 36.5. The molecule has 3 aliphatic heterocycles. The van der Waals surface area contributed by atoms with E-state index in [1.54, 1.807) is 0 Å². The van der Waals surface area contributed by atoms with Crippen LogP contribution in [0, 0.1) is 5.41 Å². The molecule has 5 heterocycles. The molecule has 2 aromatic carbocycles. The van der Waals surface area contributed by atoms with Crippen molar-refractivity contribution in [3.63, 3.8) is 0 Å². The van der Waals surface area contributed by atoms with E-state index in [1.165, 1.54) is 26.6 Å². The van der Waals surface area contributed by atoms with E-state index >= 15 is 0 Å². The SMILES string of the molecule is CC(C)N1C(=O)CC2(CCCN(C3CCN(C(=O)c4c(N)sc5nc(CO[Si](c6ccccc6)(c6ccccc6)C(C)(C)C)ccc45)CC3)C2)C1=O. The topological polar surface area (TPSA) is 109 Å². The molecule has 52 heavy (non-hydrogen) atoms. The number of nitrogens with two attached hydrogens (primary N) is 1. The van der Waals surface area contributed by atoms with Crippen molar-refractivity contribution in [1.29, 1.82) is 0 Å². The number of fused-ring (bicyclic) bond motifs is 1. The normalized spacial score (nSPS) is 20.9. The summed E-state index contributed by atoms with van der Waals surface area (Å²) in [4.78, 5) is 51.8. The molecule has 0 radical (unpaired) electrons. The maximum Gasteiger partial charge on any atom is 0.261 e. The van der Waals surface area contributed by atoms with Crippen LogP contribution in [0.15, 0.2) is 72.8 Å². The van der Waals surface area contributed by atoms with E-state index < -0.39 is 13.7 Å². The minimum Gasteiger partial charge on any atom is -0.401 e. The van der Waals surface area contributed by atoms with Crippen LogP contribution >= 0.6 is 11.3 Å². The van der Waals surface area contributed by atoms with Crippen LogP contribution < -0.4 is 16.1 Å². The Morgan fingerprint density at radius 1 is 0.981 bits per heavy atom. The largest absolute Gasteiger partial charge is 0.401 e. The molecule has 0 aliphatic carbocycles. The van der Waals surface area contributed by atoms with Gasteiger partial charge < -0.3 is 15.1 Å². The van der Waals surface area contributed by atoms with Crippen LogP contribution in [-0.2, 0) is 20.6 Å². The Morgan fingerprint density at radius 2 is 1.62 bits per heavy atom. The van der Waals surface area contributed by atoms with Gasteiger partial charge in [-0.25, -0.2) is 4.98 Å². The number of hydrogen-bond acceptors (Lipinski definition) is 8. The second-order valence-electron chi connectivity index (χ2n) is 16.2. The number of likely N-dealkylation sites (tertiary alicyclic amines) is 3. The summed E-state index contributed by atoms with van der Waals surface area (Å²) in [7, 11) is -2.75. The number of nitrogens with zero attached hydrogens (tertiary/aromatic N) is 4. The minimum absolute atomic E-state index is 0.00375. The van der Waals surface area contributed by atoms with Crippen LogP contribution in [0.3, 0.4) is 0 Å². The quantitative estimate of drug-likeness (QED) is 0.180. The first-order valence-electron chi connectivity index (χ1n) is 18.7. The molecule has 4 aromatic rings. The standard InChI is InChI=1S/C41H51N5O4SSi/c1-28(2)46-34(47)25-41(39(46)49)21-12-22-45(27-41)30-19-23-44(24-20-30)38(48)35-33-18-17-29(43-37(33)51-36(35)42)26-50-52(40(3,4)5,31-13-8-6-9-14-31)32-15-10-7-11-16-32/h6-11,13-18,28,30H,12,19-27,42H2,1-5H3. The maximum atomic E-state index is 14.0. The predicted molar refractivity (Wildman–Crippen MR) is 210 cm³/mol. The van der Waals surface area contributed by atoms with Crippen molar-refractivity contribution < 1.29 is 18.8 Å². The smallest absolute Gasteiger partial charge is 0.261 e. The molecule has 1 atom stereocenters. The lowest BCUT2D eigenvalue weighted by Gasteiger charge is -2.45. The second kappa shape index (κ2) is 14.2. The van der Waals surface area contributed by atoms with Gasteiger partial charge in [-0.05, 0) is 73.6 Å². The molecule has 1 unspecified atom stereocenters. The lowest BCUT2D eigenvalue weighted by molar-refractivity contribution is -0.145. The van der Waals surface area contributed by atoms with Crippen LogP contribution in [0.2, 0.25) is 5.04 Å². The molecule has 1 spiro atoms. The van der Waals surface area contributed by atoms with Crippen molar-refractivity contribution in [2.45, 2.75) is 90.5 Å². The van der Waals surface area contributed by atoms with Gasteiger partial charge in [-0.3, -0.25) is 24.2 Å². The lowest BCUT2D eigenvalue weighted by atomic mass is 9.77. The number of carbonyl (C=O) groups is 3. The van der Waals surface area contributed by atoms with Crippen molar-refractivity contribution in [1.82, 2.24) is 19.7 Å². The zero-order valence-corrected chi connectivity index (χ0v) is 32.9. The van der Waals surface area contributed by atoms with Gasteiger partial charge in [0.2, 0.25) is 11.8 Å². The summed E-state index contributed by atoms with van der Waals surface area (Å²) in [5.41, 5.74) is 7.30. The van der Waals surface area contributed by atoms with Crippen molar-refractivity contribution in [3.8, 4) is 0 Å². The molecule has 0 saturated carbocycles. The number of carbonyl (C=O) groups excluding carboxylic acids is 3. The van der Waals surface area contributed by atoms with Gasteiger partial charge in [0.05, 0.1) is 23.3 Å². The van der Waals surface area contributed by atoms with Crippen LogP contribution in [-0.4, -0.2) is 84.0 Å². The van der Waals surface area contributed by atoms with Gasteiger partial charge in [-0.1, -0.05) is 92.8 Å². The molecule has 2 N–H and O–H groups in total. The van der Waals surface area contributed by atoms with Crippen molar-refractivity contribution in [2.24, 2.45) is 5.41 Å². The summed E-state index contributed by atoms with van der Waals surface area (Å²) in [6.45, 7) is 13.7. The Labute approximate surface area is 312 Å². The highest BCUT2D eigenvalue weighted by atomic mass is 32.1. The maximum absolute atomic E-state index is 14.0. The van der Waals surface area contributed by atoms with Gasteiger partial charge in [0.1, 0.15) is 9.83 Å². The van der Waals surface area contributed by atoms with E-state index in [0.29, 0.717) is 43.2 Å². The molecule has 0 bridgehead atoms. The van der Waals surface area contributed by atoms with Gasteiger partial charge in [-0.2, -0.15) is 0 Å². The Bertz CT molecular complexity index is 1910. The molecule has 7 rings (SSSR count). The molecule has 3 aliphatic rings. The summed E-state index contributed by atoms with van der Waals surface area (Å²) in [5, 5.41) is 3.54. The van der Waals surface area contributed by atoms with E-state index in [0.717, 1.165) is 48.1 Å². The third-order valence-corrected chi connectivity index (χ3v) is 17.4. The first-order valence-corrected chi connectivity index (χ1v) is 21.4. The third kappa shape index (κ3) is 6.39. The predicted octanol–water partition coefficient (Wildman–Crippen LogP) is 5.81. The monoisotopic (exact) mass is 737 g/mol. The number of pyridine rings is 1. The van der Waals surface area contributed by atoms with E-state index in [-0.39, 0.29) is 34.8 Å². The van der Waals surface area contributed by atoms with E-state index in [4.69, 9.17) is 15.1 Å². The number of hydrogen-bond donors (Lipinski definition) is 1. The highest BCUT2D eigenvalue weighted by Crippen LogP contribution is 2.43. The van der Waals surface area contributed by atoms with Crippen LogP contribution in [0.4, 0.5) is 5.00 Å². The summed E-state index contributed by atoms with van der Waals surface area (Å²) >= 11 is 1.36. The summed E-state index contributed by atoms with van der Waals surface area (Å²) < 4.78 is 7.13. The molecule has 3 amide bonds. The van der Waals surface area contributed by atoms with Gasteiger partial charge in [0, 0.05) is 43.5 Å². The number of imide groups is 1. The molecule has 3 saturated heterocycles. The zero-order valence-electron chi connectivity index (χ0n) is 31.1. The molecule has 11 heteroatoms. The molecular weight excluding hydrogens is 687 g/mol. The molecule has 2 aromatic heterocycles. The molecular formula is C41H51N5O4SSi. The van der Waals surface area contributed by atoms with E-state index in [2.05, 4.69) is 74.2 Å². The number of anilines is 1. The second-order valence-corrected chi connectivity index (χ2v) is 21.5. The Kier molecular flexibility index (Phi) is 9.92. The number of nitrogen functional groups attached to an aromatic ring is 1. The zero-order chi connectivity index (χ0) is 36.8. The Morgan fingerprint density at radius 3 is 2.19 bits per heavy atom. The van der Waals surface area contributed by atoms with Crippen LogP contribution in [0.5, 0.6) is 0 Å². The number of benzene rings is 2. The fraction of sp³-hybridized carbons (Fsp3) is 0.463. The fourth-order valence-corrected chi connectivity index (χ4v) is 14.5. The molecule has 9 nitrogen and oxygen atoms in total. The Hall–Kier alpha value is -3.90. The van der Waals surface area contributed by atoms with Gasteiger partial charge in [0.25, 0.3) is 14.2 Å². The van der Waals surface area contributed by atoms with Crippen molar-refractivity contribution in [3.05, 3.63) is 84.1 Å². The first-order chi connectivity index (χ1) is 24.8. The number of thiophene rings is 1. The van der Waals surface area contributed by atoms with Gasteiger partial charge in [-0.15, -0.1) is 0 Å². The minimum atomic E-state index is -2.75. The van der Waals surface area contributed by atoms with Crippen LogP contribution in [0.1, 0.15) is 82.8 Å². The van der Waals surface area contributed by atoms with E-state index in [9.17, 15) is 14.4 Å². The Balaban J connectivity index is 1.05. The van der Waals surface area contributed by atoms with E-state index in [1.807, 2.05) is 43.0 Å². The number of piperidine rings is 2. The highest BCUT2D eigenvalue weighted by Gasteiger charge is 2.54. The summed E-state index contributed by atoms with van der Waals surface area (Å²) in [6.07, 6.45) is 3.62. The lowest BCUT2D eigenvalue weighted by Crippen LogP contribution is -2.66. The van der Waals surface area contributed by atoms with Gasteiger partial charge in [0.15, 0.2) is 0 Å². The number of amides is 3. The van der Waals surface area contributed by atoms with Crippen molar-refractivity contribution >= 4 is 63.0 Å². The van der Waals surface area contributed by atoms with Gasteiger partial charge >= 0.3 is 0 Å². The average molecular weight is 738 g/mol. The number of rotatable bonds is 8. The van der Waals surface area contributed by atoms with Crippen molar-refractivity contribution in [2.75, 3.05) is 31.9 Å². The number of aromatic nitrogens is 1. The molecule has 274 valence electrons. The summed E-state index contributed by atoms with van der Waals surface area (Å²) in [5.74, 6) is -0.105. The molecule has 3 fully saturated rings. The van der Waals surface area contributed by atoms with Crippen LogP contribution in [0.25, 0.3) is 10.2 Å². The average Bonchev–Trinajstić information content (AvgIpc) is 3.58. The highest BCUT2D eigenvalue weighted by molar-refractivity contribution is 7.22.